The molecular formula is C28H41F4NO3. The first-order valence-electron chi connectivity index (χ1n) is 13.6. The molecule has 0 bridgehead atoms. The van der Waals surface area contributed by atoms with Gasteiger partial charge in [-0.1, -0.05) is 90.0 Å². The Labute approximate surface area is 212 Å². The largest absolute Gasteiger partial charge is 0.464 e. The summed E-state index contributed by atoms with van der Waals surface area (Å²) in [6.07, 6.45) is 11.6. The van der Waals surface area contributed by atoms with Gasteiger partial charge >= 0.3 is 12.1 Å². The molecule has 1 aromatic carbocycles. The first-order valence-corrected chi connectivity index (χ1v) is 13.6. The van der Waals surface area contributed by atoms with Gasteiger partial charge in [0, 0.05) is 6.54 Å². The van der Waals surface area contributed by atoms with Gasteiger partial charge in [-0.3, -0.25) is 4.79 Å². The van der Waals surface area contributed by atoms with Crippen LogP contribution in [0.15, 0.2) is 18.2 Å². The molecule has 2 rings (SSSR count). The van der Waals surface area contributed by atoms with Gasteiger partial charge in [0.1, 0.15) is 11.9 Å². The van der Waals surface area contributed by atoms with Gasteiger partial charge in [-0.25, -0.2) is 9.18 Å². The van der Waals surface area contributed by atoms with Gasteiger partial charge in [-0.05, 0) is 31.4 Å². The van der Waals surface area contributed by atoms with Crippen molar-refractivity contribution >= 4 is 11.9 Å². The lowest BCUT2D eigenvalue weighted by atomic mass is 10.0. The Morgan fingerprint density at radius 1 is 0.917 bits per heavy atom. The van der Waals surface area contributed by atoms with Crippen LogP contribution in [0.1, 0.15) is 119 Å². The van der Waals surface area contributed by atoms with Crippen molar-refractivity contribution in [3.8, 4) is 0 Å². The van der Waals surface area contributed by atoms with E-state index in [2.05, 4.69) is 6.92 Å². The highest BCUT2D eigenvalue weighted by atomic mass is 19.4. The van der Waals surface area contributed by atoms with Crippen LogP contribution in [-0.2, 0) is 15.7 Å². The number of likely N-dealkylation sites (tertiary alicyclic amines) is 1. The van der Waals surface area contributed by atoms with E-state index in [9.17, 15) is 27.2 Å². The van der Waals surface area contributed by atoms with Crippen LogP contribution >= 0.6 is 0 Å². The van der Waals surface area contributed by atoms with Gasteiger partial charge in [0.25, 0.3) is 5.91 Å². The van der Waals surface area contributed by atoms with Crippen LogP contribution in [0, 0.1) is 5.82 Å². The van der Waals surface area contributed by atoms with Gasteiger partial charge in [0.15, 0.2) is 0 Å². The van der Waals surface area contributed by atoms with Gasteiger partial charge < -0.3 is 9.64 Å². The number of ether oxygens (including phenoxy) is 1. The minimum absolute atomic E-state index is 0.174. The third-order valence-electron chi connectivity index (χ3n) is 6.81. The molecule has 8 heteroatoms. The summed E-state index contributed by atoms with van der Waals surface area (Å²) in [4.78, 5) is 26.4. The van der Waals surface area contributed by atoms with E-state index in [-0.39, 0.29) is 13.2 Å². The zero-order chi connectivity index (χ0) is 26.4. The number of amides is 1. The van der Waals surface area contributed by atoms with E-state index < -0.39 is 41.0 Å². The summed E-state index contributed by atoms with van der Waals surface area (Å²) < 4.78 is 58.8. The molecule has 1 amide bonds. The van der Waals surface area contributed by atoms with Crippen LogP contribution in [0.2, 0.25) is 0 Å². The molecule has 0 saturated carbocycles. The summed E-state index contributed by atoms with van der Waals surface area (Å²) >= 11 is 0. The number of carbonyl (C=O) groups excluding carboxylic acids is 2. The molecule has 36 heavy (non-hydrogen) atoms. The molecule has 1 aliphatic heterocycles. The van der Waals surface area contributed by atoms with Crippen molar-refractivity contribution in [3.05, 3.63) is 35.1 Å². The van der Waals surface area contributed by atoms with Crippen molar-refractivity contribution in [2.45, 2.75) is 115 Å². The number of esters is 1. The molecule has 1 aromatic rings. The summed E-state index contributed by atoms with van der Waals surface area (Å²) in [5, 5.41) is 0. The fraction of sp³-hybridized carbons (Fsp3) is 0.714. The summed E-state index contributed by atoms with van der Waals surface area (Å²) in [5.41, 5.74) is -2.17. The number of nitrogens with zero attached hydrogens (tertiary/aromatic N) is 1. The molecule has 1 aliphatic rings. The molecule has 0 radical (unpaired) electrons. The second kappa shape index (κ2) is 15.9. The van der Waals surface area contributed by atoms with Crippen molar-refractivity contribution in [2.75, 3.05) is 13.2 Å². The summed E-state index contributed by atoms with van der Waals surface area (Å²) in [7, 11) is 0. The van der Waals surface area contributed by atoms with Crippen molar-refractivity contribution in [1.82, 2.24) is 4.90 Å². The molecule has 0 spiro atoms. The Morgan fingerprint density at radius 3 is 2.03 bits per heavy atom. The van der Waals surface area contributed by atoms with E-state index in [4.69, 9.17) is 4.74 Å². The lowest BCUT2D eigenvalue weighted by molar-refractivity contribution is -0.148. The van der Waals surface area contributed by atoms with E-state index in [1.165, 1.54) is 57.8 Å². The molecule has 1 heterocycles. The monoisotopic (exact) mass is 515 g/mol. The highest BCUT2D eigenvalue weighted by Gasteiger charge is 2.39. The van der Waals surface area contributed by atoms with Crippen LogP contribution in [0.4, 0.5) is 17.6 Å². The third kappa shape index (κ3) is 9.74. The molecule has 4 nitrogen and oxygen atoms in total. The Balaban J connectivity index is 1.65. The van der Waals surface area contributed by atoms with E-state index >= 15 is 0 Å². The maximum atomic E-state index is 14.4. The Hall–Kier alpha value is -2.12. The predicted octanol–water partition coefficient (Wildman–Crippen LogP) is 8.08. The average molecular weight is 516 g/mol. The Bertz CT molecular complexity index is 812. The van der Waals surface area contributed by atoms with E-state index in [0.29, 0.717) is 18.9 Å². The second-order valence-electron chi connectivity index (χ2n) is 9.73. The summed E-state index contributed by atoms with van der Waals surface area (Å²) in [5.74, 6) is -3.10. The highest BCUT2D eigenvalue weighted by molar-refractivity contribution is 5.97. The zero-order valence-electron chi connectivity index (χ0n) is 21.5. The van der Waals surface area contributed by atoms with Crippen LogP contribution < -0.4 is 0 Å². The van der Waals surface area contributed by atoms with Crippen LogP contribution in [0.25, 0.3) is 0 Å². The molecule has 1 unspecified atom stereocenters. The van der Waals surface area contributed by atoms with E-state index in [0.717, 1.165) is 42.7 Å². The Kier molecular flexibility index (Phi) is 13.3. The smallest absolute Gasteiger partial charge is 0.419 e. The number of halogens is 4. The average Bonchev–Trinajstić information content (AvgIpc) is 3.33. The Morgan fingerprint density at radius 2 is 1.47 bits per heavy atom. The quantitative estimate of drug-likeness (QED) is 0.127. The number of alkyl halides is 3. The van der Waals surface area contributed by atoms with Crippen LogP contribution in [0.5, 0.6) is 0 Å². The maximum absolute atomic E-state index is 14.4. The van der Waals surface area contributed by atoms with Gasteiger partial charge in [-0.2, -0.15) is 13.2 Å². The maximum Gasteiger partial charge on any atom is 0.419 e. The van der Waals surface area contributed by atoms with Crippen molar-refractivity contribution in [1.29, 1.82) is 0 Å². The first kappa shape index (κ1) is 30.1. The number of unbranched alkanes of at least 4 members (excludes halogenated alkanes) is 12. The normalized spacial score (nSPS) is 15.9. The lowest BCUT2D eigenvalue weighted by Gasteiger charge is -2.24. The fourth-order valence-corrected chi connectivity index (χ4v) is 4.71. The molecule has 0 aromatic heterocycles. The predicted molar refractivity (Wildman–Crippen MR) is 132 cm³/mol. The molecule has 1 saturated heterocycles. The molecule has 1 atom stereocenters. The van der Waals surface area contributed by atoms with Gasteiger partial charge in [0.2, 0.25) is 0 Å². The van der Waals surface area contributed by atoms with Crippen molar-refractivity contribution < 1.29 is 31.9 Å². The minimum Gasteiger partial charge on any atom is -0.464 e. The molecule has 0 aliphatic carbocycles. The van der Waals surface area contributed by atoms with Gasteiger partial charge in [-0.15, -0.1) is 0 Å². The van der Waals surface area contributed by atoms with Crippen molar-refractivity contribution in [3.63, 3.8) is 0 Å². The summed E-state index contributed by atoms with van der Waals surface area (Å²) in [6.45, 7) is 2.65. The molecular weight excluding hydrogens is 474 g/mol. The van der Waals surface area contributed by atoms with Gasteiger partial charge in [0.05, 0.1) is 17.7 Å². The topological polar surface area (TPSA) is 46.6 Å². The highest BCUT2D eigenvalue weighted by Crippen LogP contribution is 2.33. The zero-order valence-corrected chi connectivity index (χ0v) is 21.5. The summed E-state index contributed by atoms with van der Waals surface area (Å²) in [6, 6.07) is 1.71. The van der Waals surface area contributed by atoms with Crippen LogP contribution in [0.3, 0.4) is 0 Å². The SMILES string of the molecule is CCCCCCCCCCCCCCCOC(=O)C1CCCN1C(=O)c1cccc(C(F)(F)F)c1F. The minimum atomic E-state index is -4.91. The molecule has 1 fully saturated rings. The number of hydrogen-bond acceptors (Lipinski definition) is 3. The van der Waals surface area contributed by atoms with E-state index in [1.54, 1.807) is 0 Å². The standard InChI is InChI=1S/C28H41F4NO3/c1-2-3-4-5-6-7-8-9-10-11-12-13-14-21-36-27(35)24-19-16-20-33(24)26(34)22-17-15-18-23(25(22)29)28(30,31)32/h15,17-18,24H,2-14,16,19-21H2,1H3. The lowest BCUT2D eigenvalue weighted by Crippen LogP contribution is -2.42. The fourth-order valence-electron chi connectivity index (χ4n) is 4.71. The first-order chi connectivity index (χ1) is 17.3. The number of rotatable bonds is 16. The number of hydrogen-bond donors (Lipinski definition) is 0. The number of benzene rings is 1. The second-order valence-corrected chi connectivity index (χ2v) is 9.73. The third-order valence-corrected chi connectivity index (χ3v) is 6.81. The van der Waals surface area contributed by atoms with E-state index in [1.807, 2.05) is 0 Å². The molecule has 0 N–H and O–H groups in total. The van der Waals surface area contributed by atoms with Crippen LogP contribution in [-0.4, -0.2) is 36.0 Å². The van der Waals surface area contributed by atoms with Crippen molar-refractivity contribution in [2.24, 2.45) is 0 Å². The molecule has 204 valence electrons. The number of carbonyl (C=O) groups is 2.